The fourth-order valence-corrected chi connectivity index (χ4v) is 3.68. The number of hydrogen-bond acceptors (Lipinski definition) is 7. The highest BCUT2D eigenvalue weighted by atomic mass is 16.5. The average molecular weight is 445 g/mol. The van der Waals surface area contributed by atoms with Gasteiger partial charge in [-0.3, -0.25) is 9.36 Å². The SMILES string of the molecule is CCOC(=O)c1ccc(C(=O)n2cc(-c3ccc(OC)c(OC)c3)c3cccnc32)cc1N. The summed E-state index contributed by atoms with van der Waals surface area (Å²) in [5.41, 5.74) is 8.89. The van der Waals surface area contributed by atoms with E-state index in [9.17, 15) is 9.59 Å². The number of benzene rings is 2. The van der Waals surface area contributed by atoms with Gasteiger partial charge in [-0.15, -0.1) is 0 Å². The highest BCUT2D eigenvalue weighted by Gasteiger charge is 2.20. The molecule has 0 saturated heterocycles. The molecule has 0 unspecified atom stereocenters. The van der Waals surface area contributed by atoms with E-state index in [0.717, 1.165) is 16.5 Å². The van der Waals surface area contributed by atoms with E-state index in [4.69, 9.17) is 19.9 Å². The van der Waals surface area contributed by atoms with E-state index in [1.165, 1.54) is 16.7 Å². The van der Waals surface area contributed by atoms with Crippen molar-refractivity contribution < 1.29 is 23.8 Å². The normalized spacial score (nSPS) is 10.8. The van der Waals surface area contributed by atoms with Crippen LogP contribution >= 0.6 is 0 Å². The van der Waals surface area contributed by atoms with Gasteiger partial charge < -0.3 is 19.9 Å². The Balaban J connectivity index is 1.79. The van der Waals surface area contributed by atoms with Crippen molar-refractivity contribution in [2.75, 3.05) is 26.6 Å². The molecule has 0 aliphatic carbocycles. The first kappa shape index (κ1) is 21.9. The Morgan fingerprint density at radius 2 is 1.82 bits per heavy atom. The van der Waals surface area contributed by atoms with Gasteiger partial charge in [-0.2, -0.15) is 0 Å². The van der Waals surface area contributed by atoms with E-state index in [-0.39, 0.29) is 23.8 Å². The molecule has 0 amide bonds. The first-order chi connectivity index (χ1) is 16.0. The Hall–Kier alpha value is -4.33. The van der Waals surface area contributed by atoms with E-state index >= 15 is 0 Å². The number of pyridine rings is 1. The van der Waals surface area contributed by atoms with E-state index < -0.39 is 5.97 Å². The predicted octanol–water partition coefficient (Wildman–Crippen LogP) is 4.17. The summed E-state index contributed by atoms with van der Waals surface area (Å²) < 4.78 is 17.2. The molecule has 4 aromatic rings. The average Bonchev–Trinajstić information content (AvgIpc) is 3.22. The van der Waals surface area contributed by atoms with Gasteiger partial charge in [0.05, 0.1) is 26.4 Å². The number of anilines is 1. The van der Waals surface area contributed by atoms with Crippen molar-refractivity contribution in [3.05, 3.63) is 72.1 Å². The molecule has 0 atom stereocenters. The third-order valence-corrected chi connectivity index (χ3v) is 5.27. The number of nitrogen functional groups attached to an aromatic ring is 1. The summed E-state index contributed by atoms with van der Waals surface area (Å²) in [6, 6.07) is 13.8. The van der Waals surface area contributed by atoms with Crippen LogP contribution < -0.4 is 15.2 Å². The molecule has 0 spiro atoms. The lowest BCUT2D eigenvalue weighted by Gasteiger charge is -2.09. The molecule has 0 saturated carbocycles. The minimum Gasteiger partial charge on any atom is -0.493 e. The van der Waals surface area contributed by atoms with Crippen LogP contribution in [0.2, 0.25) is 0 Å². The number of ether oxygens (including phenoxy) is 3. The van der Waals surface area contributed by atoms with Crippen molar-refractivity contribution in [2.24, 2.45) is 0 Å². The molecule has 2 heterocycles. The summed E-state index contributed by atoms with van der Waals surface area (Å²) in [7, 11) is 3.14. The van der Waals surface area contributed by atoms with E-state index in [1.807, 2.05) is 30.3 Å². The van der Waals surface area contributed by atoms with Gasteiger partial charge in [-0.25, -0.2) is 9.78 Å². The highest BCUT2D eigenvalue weighted by molar-refractivity contribution is 6.07. The summed E-state index contributed by atoms with van der Waals surface area (Å²) >= 11 is 0. The Morgan fingerprint density at radius 1 is 1.03 bits per heavy atom. The zero-order chi connectivity index (χ0) is 23.5. The van der Waals surface area contributed by atoms with Crippen LogP contribution in [0.1, 0.15) is 27.6 Å². The van der Waals surface area contributed by atoms with Gasteiger partial charge in [-0.05, 0) is 55.0 Å². The number of hydrogen-bond donors (Lipinski definition) is 1. The molecule has 8 nitrogen and oxygen atoms in total. The summed E-state index contributed by atoms with van der Waals surface area (Å²) in [6.45, 7) is 1.95. The van der Waals surface area contributed by atoms with Crippen molar-refractivity contribution in [2.45, 2.75) is 6.92 Å². The van der Waals surface area contributed by atoms with Gasteiger partial charge >= 0.3 is 5.97 Å². The first-order valence-electron chi connectivity index (χ1n) is 10.3. The van der Waals surface area contributed by atoms with Gasteiger partial charge in [0.15, 0.2) is 11.5 Å². The Labute approximate surface area is 190 Å². The van der Waals surface area contributed by atoms with Crippen LogP contribution in [-0.2, 0) is 4.74 Å². The van der Waals surface area contributed by atoms with Crippen LogP contribution in [0.15, 0.2) is 60.9 Å². The number of carbonyl (C=O) groups excluding carboxylic acids is 2. The van der Waals surface area contributed by atoms with Gasteiger partial charge in [0.25, 0.3) is 5.91 Å². The van der Waals surface area contributed by atoms with Crippen molar-refractivity contribution in [1.82, 2.24) is 9.55 Å². The second kappa shape index (κ2) is 9.04. The number of carbonyl (C=O) groups is 2. The molecule has 8 heteroatoms. The largest absolute Gasteiger partial charge is 0.493 e. The summed E-state index contributed by atoms with van der Waals surface area (Å²) in [6.07, 6.45) is 3.36. The van der Waals surface area contributed by atoms with E-state index in [2.05, 4.69) is 4.98 Å². The fraction of sp³-hybridized carbons (Fsp3) is 0.160. The zero-order valence-corrected chi connectivity index (χ0v) is 18.5. The predicted molar refractivity (Wildman–Crippen MR) is 125 cm³/mol. The maximum Gasteiger partial charge on any atom is 0.340 e. The van der Waals surface area contributed by atoms with Crippen LogP contribution in [0.25, 0.3) is 22.2 Å². The minimum atomic E-state index is -0.530. The van der Waals surface area contributed by atoms with Crippen molar-refractivity contribution in [3.8, 4) is 22.6 Å². The molecule has 0 bridgehead atoms. The summed E-state index contributed by atoms with van der Waals surface area (Å²) in [5.74, 6) is 0.329. The molecular formula is C25H23N3O5. The van der Waals surface area contributed by atoms with Gasteiger partial charge in [0, 0.05) is 34.6 Å². The smallest absolute Gasteiger partial charge is 0.340 e. The molecule has 33 heavy (non-hydrogen) atoms. The first-order valence-corrected chi connectivity index (χ1v) is 10.3. The molecule has 0 aliphatic rings. The quantitative estimate of drug-likeness (QED) is 0.351. The van der Waals surface area contributed by atoms with Crippen LogP contribution in [0.3, 0.4) is 0 Å². The van der Waals surface area contributed by atoms with Crippen LogP contribution in [0.5, 0.6) is 11.5 Å². The number of aromatic nitrogens is 2. The van der Waals surface area contributed by atoms with Crippen LogP contribution in [0.4, 0.5) is 5.69 Å². The summed E-state index contributed by atoms with van der Waals surface area (Å²) in [4.78, 5) is 29.8. The molecule has 168 valence electrons. The Bertz CT molecular complexity index is 1360. The maximum absolute atomic E-state index is 13.4. The molecule has 2 N–H and O–H groups in total. The third-order valence-electron chi connectivity index (χ3n) is 5.27. The Morgan fingerprint density at radius 3 is 2.52 bits per heavy atom. The van der Waals surface area contributed by atoms with E-state index in [1.54, 1.807) is 39.6 Å². The second-order valence-corrected chi connectivity index (χ2v) is 7.18. The van der Waals surface area contributed by atoms with Gasteiger partial charge in [-0.1, -0.05) is 6.07 Å². The van der Waals surface area contributed by atoms with Crippen LogP contribution in [0, 0.1) is 0 Å². The van der Waals surface area contributed by atoms with Gasteiger partial charge in [0.2, 0.25) is 0 Å². The maximum atomic E-state index is 13.4. The molecule has 4 rings (SSSR count). The number of esters is 1. The van der Waals surface area contributed by atoms with E-state index in [0.29, 0.717) is 22.7 Å². The molecule has 0 aliphatic heterocycles. The molecule has 2 aromatic carbocycles. The number of fused-ring (bicyclic) bond motifs is 1. The lowest BCUT2D eigenvalue weighted by molar-refractivity contribution is 0.0527. The number of methoxy groups -OCH3 is 2. The lowest BCUT2D eigenvalue weighted by atomic mass is 10.1. The van der Waals surface area contributed by atoms with Crippen molar-refractivity contribution >= 4 is 28.6 Å². The highest BCUT2D eigenvalue weighted by Crippen LogP contribution is 2.36. The second-order valence-electron chi connectivity index (χ2n) is 7.18. The molecular weight excluding hydrogens is 422 g/mol. The summed E-state index contributed by atoms with van der Waals surface area (Å²) in [5, 5.41) is 0.800. The standard InChI is InChI=1S/C25H23N3O5/c1-4-33-25(30)18-9-7-16(12-20(18)26)24(29)28-14-19(17-6-5-11-27-23(17)28)15-8-10-21(31-2)22(13-15)32-3/h5-14H,4,26H2,1-3H3. The lowest BCUT2D eigenvalue weighted by Crippen LogP contribution is -2.14. The van der Waals surface area contributed by atoms with Crippen molar-refractivity contribution in [1.29, 1.82) is 0 Å². The topological polar surface area (TPSA) is 106 Å². The minimum absolute atomic E-state index is 0.170. The van der Waals surface area contributed by atoms with Gasteiger partial charge in [0.1, 0.15) is 5.65 Å². The van der Waals surface area contributed by atoms with Crippen molar-refractivity contribution in [3.63, 3.8) is 0 Å². The number of nitrogens with zero attached hydrogens (tertiary/aromatic N) is 2. The monoisotopic (exact) mass is 445 g/mol. The number of rotatable bonds is 6. The fourth-order valence-electron chi connectivity index (χ4n) is 3.68. The molecule has 0 radical (unpaired) electrons. The molecule has 0 fully saturated rings. The number of nitrogens with two attached hydrogens (primary N) is 1. The Kier molecular flexibility index (Phi) is 5.99. The van der Waals surface area contributed by atoms with Crippen LogP contribution in [-0.4, -0.2) is 42.3 Å². The third kappa shape index (κ3) is 3.98. The zero-order valence-electron chi connectivity index (χ0n) is 18.5. The molecule has 2 aromatic heterocycles.